The predicted molar refractivity (Wildman–Crippen MR) is 102 cm³/mol. The van der Waals surface area contributed by atoms with Crippen LogP contribution in [0, 0.1) is 0 Å². The molecule has 1 unspecified atom stereocenters. The van der Waals surface area contributed by atoms with Crippen molar-refractivity contribution in [2.45, 2.75) is 38.8 Å². The number of halogens is 2. The van der Waals surface area contributed by atoms with Crippen LogP contribution >= 0.6 is 23.2 Å². The summed E-state index contributed by atoms with van der Waals surface area (Å²) in [4.78, 5) is 12.8. The number of carbonyl (C=O) groups is 1. The van der Waals surface area contributed by atoms with Gasteiger partial charge in [-0.05, 0) is 36.6 Å². The fourth-order valence-electron chi connectivity index (χ4n) is 2.57. The van der Waals surface area contributed by atoms with Crippen molar-refractivity contribution in [3.8, 4) is 0 Å². The molecule has 0 saturated heterocycles. The Morgan fingerprint density at radius 3 is 2.12 bits per heavy atom. The Balaban J connectivity index is 2.23. The molecule has 0 aliphatic carbocycles. The monoisotopic (exact) mass is 364 g/mol. The smallest absolute Gasteiger partial charge is 0.246 e. The highest BCUT2D eigenvalue weighted by Crippen LogP contribution is 2.24. The first kappa shape index (κ1) is 18.8. The van der Waals surface area contributed by atoms with Gasteiger partial charge in [0.1, 0.15) is 6.04 Å². The first-order valence-corrected chi connectivity index (χ1v) is 8.87. The molecule has 2 aromatic rings. The largest absolute Gasteiger partial charge is 0.324 e. The maximum Gasteiger partial charge on any atom is 0.246 e. The number of anilines is 1. The van der Waals surface area contributed by atoms with Crippen LogP contribution in [0.4, 0.5) is 5.69 Å². The van der Waals surface area contributed by atoms with Gasteiger partial charge in [-0.15, -0.1) is 0 Å². The van der Waals surface area contributed by atoms with E-state index in [0.717, 1.165) is 18.4 Å². The summed E-state index contributed by atoms with van der Waals surface area (Å²) in [7, 11) is 0. The molecule has 0 heterocycles. The Kier molecular flexibility index (Phi) is 7.10. The number of hydrogen-bond acceptors (Lipinski definition) is 2. The minimum Gasteiger partial charge on any atom is -0.324 e. The van der Waals surface area contributed by atoms with Crippen molar-refractivity contribution in [3.63, 3.8) is 0 Å². The third-order valence-electron chi connectivity index (χ3n) is 3.91. The molecule has 2 rings (SSSR count). The van der Waals surface area contributed by atoms with Crippen LogP contribution in [0.1, 0.15) is 38.3 Å². The van der Waals surface area contributed by atoms with E-state index in [1.54, 1.807) is 18.2 Å². The fraction of sp³-hybridized carbons (Fsp3) is 0.316. The minimum absolute atomic E-state index is 0.133. The molecule has 0 aliphatic heterocycles. The molecule has 0 aromatic heterocycles. The van der Waals surface area contributed by atoms with Gasteiger partial charge in [0, 0.05) is 21.8 Å². The number of carbonyl (C=O) groups excluding carboxylic acids is 1. The van der Waals surface area contributed by atoms with E-state index in [2.05, 4.69) is 24.5 Å². The zero-order valence-electron chi connectivity index (χ0n) is 13.9. The van der Waals surface area contributed by atoms with E-state index in [-0.39, 0.29) is 11.9 Å². The maximum absolute atomic E-state index is 12.8. The van der Waals surface area contributed by atoms with Crippen molar-refractivity contribution in [2.75, 3.05) is 5.32 Å². The van der Waals surface area contributed by atoms with Gasteiger partial charge in [0.25, 0.3) is 0 Å². The summed E-state index contributed by atoms with van der Waals surface area (Å²) in [5.41, 5.74) is 1.51. The van der Waals surface area contributed by atoms with Gasteiger partial charge in [0.05, 0.1) is 0 Å². The molecule has 1 amide bonds. The molecule has 1 atom stereocenters. The number of rotatable bonds is 7. The van der Waals surface area contributed by atoms with Crippen LogP contribution in [0.5, 0.6) is 0 Å². The minimum atomic E-state index is -0.436. The zero-order chi connectivity index (χ0) is 17.5. The lowest BCUT2D eigenvalue weighted by Crippen LogP contribution is -2.39. The van der Waals surface area contributed by atoms with Crippen molar-refractivity contribution < 1.29 is 4.79 Å². The molecule has 0 bridgehead atoms. The van der Waals surface area contributed by atoms with E-state index in [9.17, 15) is 4.79 Å². The summed E-state index contributed by atoms with van der Waals surface area (Å²) in [6, 6.07) is 14.5. The molecule has 2 aromatic carbocycles. The molecule has 2 N–H and O–H groups in total. The zero-order valence-corrected chi connectivity index (χ0v) is 15.4. The lowest BCUT2D eigenvalue weighted by Gasteiger charge is -2.24. The van der Waals surface area contributed by atoms with E-state index >= 15 is 0 Å². The molecule has 24 heavy (non-hydrogen) atoms. The lowest BCUT2D eigenvalue weighted by atomic mass is 10.0. The van der Waals surface area contributed by atoms with Crippen LogP contribution in [-0.2, 0) is 4.79 Å². The molecule has 0 radical (unpaired) electrons. The van der Waals surface area contributed by atoms with Crippen LogP contribution in [-0.4, -0.2) is 11.9 Å². The Bertz CT molecular complexity index is 652. The van der Waals surface area contributed by atoms with Gasteiger partial charge in [-0.1, -0.05) is 67.4 Å². The summed E-state index contributed by atoms with van der Waals surface area (Å²) in [6.07, 6.45) is 1.91. The van der Waals surface area contributed by atoms with Gasteiger partial charge in [-0.3, -0.25) is 10.1 Å². The molecule has 128 valence electrons. The Morgan fingerprint density at radius 1 is 1.00 bits per heavy atom. The van der Waals surface area contributed by atoms with Gasteiger partial charge in [-0.25, -0.2) is 0 Å². The van der Waals surface area contributed by atoms with Crippen LogP contribution in [0.3, 0.4) is 0 Å². The number of benzene rings is 2. The highest BCUT2D eigenvalue weighted by atomic mass is 35.5. The Hall–Kier alpha value is -1.55. The molecule has 5 heteroatoms. The van der Waals surface area contributed by atoms with Crippen LogP contribution in [0.15, 0.2) is 48.5 Å². The molecule has 0 spiro atoms. The molecular formula is C19H22Cl2N2O. The van der Waals surface area contributed by atoms with E-state index in [0.29, 0.717) is 15.7 Å². The van der Waals surface area contributed by atoms with Crippen molar-refractivity contribution in [3.05, 3.63) is 64.1 Å². The van der Waals surface area contributed by atoms with Gasteiger partial charge in [0.2, 0.25) is 5.91 Å². The summed E-state index contributed by atoms with van der Waals surface area (Å²) in [5.74, 6) is -0.133. The highest BCUT2D eigenvalue weighted by molar-refractivity contribution is 6.35. The quantitative estimate of drug-likeness (QED) is 0.685. The number of nitrogens with one attached hydrogen (secondary N) is 2. The van der Waals surface area contributed by atoms with Gasteiger partial charge < -0.3 is 5.32 Å². The summed E-state index contributed by atoms with van der Waals surface area (Å²) in [5, 5.41) is 7.32. The third-order valence-corrected chi connectivity index (χ3v) is 4.35. The van der Waals surface area contributed by atoms with Crippen molar-refractivity contribution >= 4 is 34.8 Å². The van der Waals surface area contributed by atoms with E-state index in [1.165, 1.54) is 0 Å². The molecule has 0 saturated carbocycles. The van der Waals surface area contributed by atoms with Crippen LogP contribution < -0.4 is 10.6 Å². The first-order chi connectivity index (χ1) is 11.5. The second-order valence-corrected chi connectivity index (χ2v) is 6.54. The molecule has 3 nitrogen and oxygen atoms in total. The van der Waals surface area contributed by atoms with Crippen molar-refractivity contribution in [1.82, 2.24) is 5.32 Å². The maximum atomic E-state index is 12.8. The number of hydrogen-bond donors (Lipinski definition) is 2. The standard InChI is InChI=1S/C19H22Cl2N2O/c1-3-16(4-2)22-18(13-8-6-5-7-9-13)19(24)23-17-11-14(20)10-15(21)12-17/h5-12,16,18,22H,3-4H2,1-2H3,(H,23,24). The second kappa shape index (κ2) is 9.07. The molecule has 0 fully saturated rings. The first-order valence-electron chi connectivity index (χ1n) is 8.11. The van der Waals surface area contributed by atoms with Gasteiger partial charge in [0.15, 0.2) is 0 Å². The highest BCUT2D eigenvalue weighted by Gasteiger charge is 2.23. The van der Waals surface area contributed by atoms with E-state index in [1.807, 2.05) is 30.3 Å². The molecular weight excluding hydrogens is 343 g/mol. The Labute approximate surface area is 153 Å². The van der Waals surface area contributed by atoms with Gasteiger partial charge >= 0.3 is 0 Å². The molecule has 0 aliphatic rings. The number of amides is 1. The van der Waals surface area contributed by atoms with E-state index in [4.69, 9.17) is 23.2 Å². The third kappa shape index (κ3) is 5.23. The van der Waals surface area contributed by atoms with E-state index < -0.39 is 6.04 Å². The average molecular weight is 365 g/mol. The predicted octanol–water partition coefficient (Wildman–Crippen LogP) is 5.45. The lowest BCUT2D eigenvalue weighted by molar-refractivity contribution is -0.118. The normalized spacial score (nSPS) is 12.2. The SMILES string of the molecule is CCC(CC)NC(C(=O)Nc1cc(Cl)cc(Cl)c1)c1ccccc1. The topological polar surface area (TPSA) is 41.1 Å². The van der Waals surface area contributed by atoms with Gasteiger partial charge in [-0.2, -0.15) is 0 Å². The Morgan fingerprint density at radius 2 is 1.58 bits per heavy atom. The van der Waals surface area contributed by atoms with Crippen molar-refractivity contribution in [1.29, 1.82) is 0 Å². The average Bonchev–Trinajstić information content (AvgIpc) is 2.55. The van der Waals surface area contributed by atoms with Crippen LogP contribution in [0.2, 0.25) is 10.0 Å². The second-order valence-electron chi connectivity index (χ2n) is 5.67. The van der Waals surface area contributed by atoms with Crippen LogP contribution in [0.25, 0.3) is 0 Å². The fourth-order valence-corrected chi connectivity index (χ4v) is 3.10. The summed E-state index contributed by atoms with van der Waals surface area (Å²) >= 11 is 12.0. The van der Waals surface area contributed by atoms with Crippen molar-refractivity contribution in [2.24, 2.45) is 0 Å². The summed E-state index contributed by atoms with van der Waals surface area (Å²) in [6.45, 7) is 4.22. The summed E-state index contributed by atoms with van der Waals surface area (Å²) < 4.78 is 0.